The molecule has 1 aliphatic heterocycles. The fraction of sp³-hybridized carbons (Fsp3) is 0.524. The van der Waals surface area contributed by atoms with Crippen LogP contribution in [0.2, 0.25) is 0 Å². The Bertz CT molecular complexity index is 694. The van der Waals surface area contributed by atoms with Crippen LogP contribution in [0.15, 0.2) is 42.2 Å². The van der Waals surface area contributed by atoms with Gasteiger partial charge in [0.25, 0.3) is 5.79 Å². The Hall–Kier alpha value is -2.30. The van der Waals surface area contributed by atoms with E-state index in [0.717, 1.165) is 18.4 Å². The van der Waals surface area contributed by atoms with E-state index in [1.165, 1.54) is 6.26 Å². The summed E-state index contributed by atoms with van der Waals surface area (Å²) in [5, 5.41) is 0. The van der Waals surface area contributed by atoms with Gasteiger partial charge in [-0.15, -0.1) is 0 Å². The van der Waals surface area contributed by atoms with Crippen molar-refractivity contribution < 1.29 is 23.8 Å². The highest BCUT2D eigenvalue weighted by atomic mass is 16.7. The molecule has 1 saturated carbocycles. The number of esters is 2. The van der Waals surface area contributed by atoms with Crippen molar-refractivity contribution in [2.75, 3.05) is 0 Å². The van der Waals surface area contributed by atoms with Gasteiger partial charge in [-0.05, 0) is 30.2 Å². The highest BCUT2D eigenvalue weighted by molar-refractivity contribution is 6.14. The van der Waals surface area contributed by atoms with Crippen LogP contribution in [0.3, 0.4) is 0 Å². The third-order valence-corrected chi connectivity index (χ3v) is 5.27. The van der Waals surface area contributed by atoms with Gasteiger partial charge in [0.15, 0.2) is 5.57 Å². The fourth-order valence-electron chi connectivity index (χ4n) is 3.89. The molecule has 1 aromatic carbocycles. The average molecular weight is 358 g/mol. The number of hydrogen-bond donors (Lipinski definition) is 0. The van der Waals surface area contributed by atoms with Crippen LogP contribution in [0.5, 0.6) is 0 Å². The molecule has 3 rings (SSSR count). The number of ether oxygens (including phenoxy) is 3. The number of benzene rings is 1. The molecular weight excluding hydrogens is 332 g/mol. The van der Waals surface area contributed by atoms with Gasteiger partial charge in [-0.3, -0.25) is 0 Å². The second kappa shape index (κ2) is 7.52. The molecule has 1 aromatic rings. The maximum Gasteiger partial charge on any atom is 0.352 e. The summed E-state index contributed by atoms with van der Waals surface area (Å²) in [7, 11) is 0. The normalized spacial score (nSPS) is 28.3. The molecule has 140 valence electrons. The molecular formula is C21H26O5. The van der Waals surface area contributed by atoms with Crippen molar-refractivity contribution >= 4 is 11.9 Å². The summed E-state index contributed by atoms with van der Waals surface area (Å²) in [6, 6.07) is 9.31. The zero-order valence-electron chi connectivity index (χ0n) is 15.6. The molecule has 5 nitrogen and oxygen atoms in total. The molecule has 26 heavy (non-hydrogen) atoms. The summed E-state index contributed by atoms with van der Waals surface area (Å²) in [6.07, 6.45) is 3.91. The van der Waals surface area contributed by atoms with Gasteiger partial charge in [0, 0.05) is 12.3 Å². The van der Waals surface area contributed by atoms with Crippen LogP contribution in [0.1, 0.15) is 45.6 Å². The summed E-state index contributed by atoms with van der Waals surface area (Å²) in [4.78, 5) is 24.8. The maximum atomic E-state index is 12.5. The van der Waals surface area contributed by atoms with Crippen LogP contribution in [0.25, 0.3) is 0 Å². The second-order valence-electron chi connectivity index (χ2n) is 7.65. The third kappa shape index (κ3) is 3.76. The van der Waals surface area contributed by atoms with Crippen molar-refractivity contribution in [2.24, 2.45) is 17.8 Å². The van der Waals surface area contributed by atoms with E-state index in [1.807, 2.05) is 30.3 Å². The lowest BCUT2D eigenvalue weighted by atomic mass is 9.72. The molecule has 2 aliphatic rings. The molecule has 3 atom stereocenters. The van der Waals surface area contributed by atoms with E-state index in [1.54, 1.807) is 0 Å². The Labute approximate surface area is 154 Å². The fourth-order valence-corrected chi connectivity index (χ4v) is 3.89. The van der Waals surface area contributed by atoms with Gasteiger partial charge in [0.1, 0.15) is 12.9 Å². The molecule has 1 fully saturated rings. The minimum Gasteiger partial charge on any atom is -0.458 e. The van der Waals surface area contributed by atoms with Crippen molar-refractivity contribution in [3.63, 3.8) is 0 Å². The number of carbonyl (C=O) groups is 2. The van der Waals surface area contributed by atoms with E-state index in [0.29, 0.717) is 18.3 Å². The molecule has 0 amide bonds. The van der Waals surface area contributed by atoms with Crippen LogP contribution in [-0.2, 0) is 30.4 Å². The Morgan fingerprint density at radius 2 is 2.00 bits per heavy atom. The van der Waals surface area contributed by atoms with Crippen LogP contribution in [0.4, 0.5) is 0 Å². The van der Waals surface area contributed by atoms with Crippen LogP contribution >= 0.6 is 0 Å². The van der Waals surface area contributed by atoms with E-state index >= 15 is 0 Å². The Kier molecular flexibility index (Phi) is 5.35. The Morgan fingerprint density at radius 1 is 1.27 bits per heavy atom. The highest BCUT2D eigenvalue weighted by Crippen LogP contribution is 2.46. The van der Waals surface area contributed by atoms with E-state index in [4.69, 9.17) is 14.2 Å². The second-order valence-corrected chi connectivity index (χ2v) is 7.65. The maximum absolute atomic E-state index is 12.5. The van der Waals surface area contributed by atoms with Crippen LogP contribution in [-0.4, -0.2) is 17.7 Å². The predicted octanol–water partition coefficient (Wildman–Crippen LogP) is 3.98. The predicted molar refractivity (Wildman–Crippen MR) is 95.6 cm³/mol. The minimum atomic E-state index is -0.966. The zero-order valence-corrected chi connectivity index (χ0v) is 15.6. The molecule has 2 unspecified atom stereocenters. The number of hydrogen-bond acceptors (Lipinski definition) is 5. The summed E-state index contributed by atoms with van der Waals surface area (Å²) >= 11 is 0. The van der Waals surface area contributed by atoms with Gasteiger partial charge in [0.05, 0.1) is 0 Å². The van der Waals surface area contributed by atoms with Crippen molar-refractivity contribution in [1.82, 2.24) is 0 Å². The van der Waals surface area contributed by atoms with Gasteiger partial charge < -0.3 is 14.2 Å². The lowest BCUT2D eigenvalue weighted by Gasteiger charge is -2.47. The van der Waals surface area contributed by atoms with E-state index in [-0.39, 0.29) is 18.1 Å². The lowest BCUT2D eigenvalue weighted by molar-refractivity contribution is -0.263. The summed E-state index contributed by atoms with van der Waals surface area (Å²) < 4.78 is 16.8. The van der Waals surface area contributed by atoms with Gasteiger partial charge in [-0.1, -0.05) is 51.1 Å². The average Bonchev–Trinajstić information content (AvgIpc) is 2.60. The molecule has 1 heterocycles. The van der Waals surface area contributed by atoms with Crippen LogP contribution < -0.4 is 0 Å². The SMILES string of the molecule is CC1CCC(C(C)C)[C@@]2(C1)OC=C(C(=O)OCc1ccccc1)C(=O)O2. The quantitative estimate of drug-likeness (QED) is 0.602. The monoisotopic (exact) mass is 358 g/mol. The third-order valence-electron chi connectivity index (χ3n) is 5.27. The molecule has 0 radical (unpaired) electrons. The topological polar surface area (TPSA) is 61.8 Å². The molecule has 0 saturated heterocycles. The smallest absolute Gasteiger partial charge is 0.352 e. The molecule has 1 spiro atoms. The highest BCUT2D eigenvalue weighted by Gasteiger charge is 2.52. The van der Waals surface area contributed by atoms with E-state index in [9.17, 15) is 9.59 Å². The Morgan fingerprint density at radius 3 is 2.65 bits per heavy atom. The summed E-state index contributed by atoms with van der Waals surface area (Å²) in [5.41, 5.74) is 0.663. The van der Waals surface area contributed by atoms with Crippen molar-refractivity contribution in [2.45, 2.75) is 52.4 Å². The first-order chi connectivity index (χ1) is 12.4. The molecule has 0 N–H and O–H groups in total. The largest absolute Gasteiger partial charge is 0.458 e. The standard InChI is InChI=1S/C21H26O5/c1-14(2)18-10-9-15(3)11-21(18)25-13-17(20(23)26-21)19(22)24-12-16-7-5-4-6-8-16/h4-8,13-15,18H,9-12H2,1-3H3/t15?,18?,21-/m0/s1. The molecule has 0 bridgehead atoms. The minimum absolute atomic E-state index is 0.0983. The van der Waals surface area contributed by atoms with Gasteiger partial charge >= 0.3 is 11.9 Å². The van der Waals surface area contributed by atoms with Gasteiger partial charge in [-0.2, -0.15) is 0 Å². The molecule has 5 heteroatoms. The van der Waals surface area contributed by atoms with Crippen molar-refractivity contribution in [3.05, 3.63) is 47.7 Å². The first-order valence-corrected chi connectivity index (χ1v) is 9.23. The van der Waals surface area contributed by atoms with Crippen molar-refractivity contribution in [3.8, 4) is 0 Å². The summed E-state index contributed by atoms with van der Waals surface area (Å²) in [5.74, 6) is -1.52. The first-order valence-electron chi connectivity index (χ1n) is 9.23. The summed E-state index contributed by atoms with van der Waals surface area (Å²) in [6.45, 7) is 6.43. The van der Waals surface area contributed by atoms with E-state index in [2.05, 4.69) is 20.8 Å². The first kappa shape index (κ1) is 18.5. The van der Waals surface area contributed by atoms with Gasteiger partial charge in [-0.25, -0.2) is 9.59 Å². The molecule has 0 aromatic heterocycles. The van der Waals surface area contributed by atoms with Crippen molar-refractivity contribution in [1.29, 1.82) is 0 Å². The van der Waals surface area contributed by atoms with E-state index < -0.39 is 17.7 Å². The Balaban J connectivity index is 1.71. The van der Waals surface area contributed by atoms with Gasteiger partial charge in [0.2, 0.25) is 0 Å². The lowest BCUT2D eigenvalue weighted by Crippen LogP contribution is -2.52. The van der Waals surface area contributed by atoms with Crippen LogP contribution in [0, 0.1) is 17.8 Å². The number of carbonyl (C=O) groups excluding carboxylic acids is 2. The molecule has 1 aliphatic carbocycles. The zero-order chi connectivity index (χ0) is 18.7. The number of rotatable bonds is 4.